The monoisotopic (exact) mass is 472 g/mol. The van der Waals surface area contributed by atoms with Gasteiger partial charge in [-0.25, -0.2) is 0 Å². The summed E-state index contributed by atoms with van der Waals surface area (Å²) in [4.78, 5) is 57.0. The summed E-state index contributed by atoms with van der Waals surface area (Å²) in [6.07, 6.45) is -0.417. The van der Waals surface area contributed by atoms with Crippen LogP contribution in [0.15, 0.2) is 48.5 Å². The molecule has 2 unspecified atom stereocenters. The normalized spacial score (nSPS) is 12.0. The molecule has 9 heteroatoms. The van der Waals surface area contributed by atoms with E-state index in [4.69, 9.17) is 5.11 Å². The van der Waals surface area contributed by atoms with Crippen molar-refractivity contribution in [3.8, 4) is 0 Å². The second-order valence-corrected chi connectivity index (χ2v) is 8.14. The zero-order valence-corrected chi connectivity index (χ0v) is 19.9. The number of ether oxygens (including phenoxy) is 1. The molecule has 184 valence electrons. The quantitative estimate of drug-likeness (QED) is 0.452. The van der Waals surface area contributed by atoms with Crippen LogP contribution in [0, 0.1) is 5.92 Å². The van der Waals surface area contributed by atoms with Crippen molar-refractivity contribution in [3.63, 3.8) is 0 Å². The smallest absolute Gasteiger partial charge is 0.305 e. The molecular formula is C25H32N2O7. The molecule has 2 aromatic rings. The Bertz CT molecular complexity index is 938. The van der Waals surface area contributed by atoms with Crippen molar-refractivity contribution in [3.05, 3.63) is 48.5 Å². The molecule has 34 heavy (non-hydrogen) atoms. The molecule has 0 aliphatic rings. The van der Waals surface area contributed by atoms with Crippen molar-refractivity contribution in [2.75, 3.05) is 6.61 Å². The number of nitrogens with one attached hydrogen (secondary N) is 2. The maximum Gasteiger partial charge on any atom is 0.305 e. The van der Waals surface area contributed by atoms with Gasteiger partial charge in [0.2, 0.25) is 11.8 Å². The molecule has 0 spiro atoms. The number of aliphatic carboxylic acids is 1. The van der Waals surface area contributed by atoms with E-state index in [-0.39, 0.29) is 18.2 Å². The van der Waals surface area contributed by atoms with Crippen LogP contribution in [0.3, 0.4) is 0 Å². The predicted molar refractivity (Wildman–Crippen MR) is 127 cm³/mol. The third kappa shape index (κ3) is 11.2. The summed E-state index contributed by atoms with van der Waals surface area (Å²) in [6, 6.07) is 14.4. The molecule has 2 atom stereocenters. The Morgan fingerprint density at radius 1 is 0.853 bits per heavy atom. The fraction of sp³-hybridized carbons (Fsp3) is 0.400. The van der Waals surface area contributed by atoms with Gasteiger partial charge in [0.1, 0.15) is 12.1 Å². The van der Waals surface area contributed by atoms with Crippen molar-refractivity contribution in [1.29, 1.82) is 0 Å². The Morgan fingerprint density at radius 3 is 1.76 bits per heavy atom. The van der Waals surface area contributed by atoms with Gasteiger partial charge in [-0.2, -0.15) is 0 Å². The summed E-state index contributed by atoms with van der Waals surface area (Å²) in [7, 11) is 0. The average Bonchev–Trinajstić information content (AvgIpc) is 2.76. The van der Waals surface area contributed by atoms with Crippen LogP contribution in [0.1, 0.15) is 40.5 Å². The highest BCUT2D eigenvalue weighted by Crippen LogP contribution is 2.11. The first kappa shape index (κ1) is 28.3. The molecule has 0 aromatic heterocycles. The molecule has 2 rings (SSSR count). The summed E-state index contributed by atoms with van der Waals surface area (Å²) < 4.78 is 4.51. The largest absolute Gasteiger partial charge is 0.481 e. The maximum atomic E-state index is 12.0. The number of rotatable bonds is 10. The Labute approximate surface area is 198 Å². The molecule has 2 amide bonds. The van der Waals surface area contributed by atoms with Gasteiger partial charge in [-0.3, -0.25) is 24.0 Å². The lowest BCUT2D eigenvalue weighted by molar-refractivity contribution is -0.147. The number of carboxylic acid groups (broad SMARTS) is 1. The van der Waals surface area contributed by atoms with Gasteiger partial charge < -0.3 is 20.5 Å². The van der Waals surface area contributed by atoms with Gasteiger partial charge in [-0.15, -0.1) is 0 Å². The topological polar surface area (TPSA) is 139 Å². The molecule has 9 nitrogen and oxygen atoms in total. The van der Waals surface area contributed by atoms with Gasteiger partial charge >= 0.3 is 11.9 Å². The minimum atomic E-state index is -1.35. The number of esters is 1. The third-order valence-corrected chi connectivity index (χ3v) is 4.52. The van der Waals surface area contributed by atoms with Crippen LogP contribution in [0.5, 0.6) is 0 Å². The summed E-state index contributed by atoms with van der Waals surface area (Å²) >= 11 is 0. The fourth-order valence-electron chi connectivity index (χ4n) is 2.86. The second-order valence-electron chi connectivity index (χ2n) is 8.14. The lowest BCUT2D eigenvalue weighted by atomic mass is 10.1. The van der Waals surface area contributed by atoms with Gasteiger partial charge in [0.05, 0.1) is 6.42 Å². The molecule has 0 heterocycles. The van der Waals surface area contributed by atoms with Gasteiger partial charge in [-0.1, -0.05) is 62.4 Å². The molecule has 0 radical (unpaired) electrons. The molecule has 3 N–H and O–H groups in total. The van der Waals surface area contributed by atoms with E-state index in [0.717, 1.165) is 6.92 Å². The highest BCUT2D eigenvalue weighted by atomic mass is 16.5. The fourth-order valence-corrected chi connectivity index (χ4v) is 2.86. The number of carbonyl (C=O) groups is 5. The highest BCUT2D eigenvalue weighted by molar-refractivity contribution is 5.95. The Hall–Kier alpha value is -3.75. The third-order valence-electron chi connectivity index (χ3n) is 4.52. The average molecular weight is 473 g/mol. The Balaban J connectivity index is 0.000000469. The minimum absolute atomic E-state index is 0.116. The molecule has 2 aromatic carbocycles. The summed E-state index contributed by atoms with van der Waals surface area (Å²) in [5.41, 5.74) is 0. The van der Waals surface area contributed by atoms with Crippen LogP contribution in [-0.4, -0.2) is 53.3 Å². The van der Waals surface area contributed by atoms with E-state index in [1.807, 2.05) is 13.8 Å². The van der Waals surface area contributed by atoms with E-state index < -0.39 is 48.7 Å². The number of ketones is 1. The zero-order chi connectivity index (χ0) is 25.7. The molecule has 0 saturated carbocycles. The predicted octanol–water partition coefficient (Wildman–Crippen LogP) is 2.47. The first-order valence-electron chi connectivity index (χ1n) is 10.9. The summed E-state index contributed by atoms with van der Waals surface area (Å²) in [5.74, 6) is -3.65. The van der Waals surface area contributed by atoms with E-state index in [2.05, 4.69) is 63.9 Å². The molecule has 0 fully saturated rings. The van der Waals surface area contributed by atoms with Crippen LogP contribution >= 0.6 is 0 Å². The van der Waals surface area contributed by atoms with Gasteiger partial charge in [-0.05, 0) is 23.6 Å². The zero-order valence-electron chi connectivity index (χ0n) is 19.9. The minimum Gasteiger partial charge on any atom is -0.481 e. The Kier molecular flexibility index (Phi) is 12.0. The first-order chi connectivity index (χ1) is 16.0. The number of Topliss-reactive ketones (excluding diaryl/α,β-unsaturated/α-hetero) is 1. The van der Waals surface area contributed by atoms with Crippen LogP contribution < -0.4 is 10.6 Å². The lowest BCUT2D eigenvalue weighted by Gasteiger charge is -2.20. The molecule has 0 aliphatic carbocycles. The van der Waals surface area contributed by atoms with Crippen molar-refractivity contribution in [2.45, 2.75) is 52.6 Å². The van der Waals surface area contributed by atoms with E-state index >= 15 is 0 Å². The van der Waals surface area contributed by atoms with Crippen molar-refractivity contribution in [1.82, 2.24) is 10.6 Å². The molecule has 0 bridgehead atoms. The van der Waals surface area contributed by atoms with E-state index in [0.29, 0.717) is 0 Å². The highest BCUT2D eigenvalue weighted by Gasteiger charge is 2.27. The molecular weight excluding hydrogens is 440 g/mol. The number of benzene rings is 2. The number of amides is 2. The number of fused-ring (bicyclic) bond motifs is 1. The van der Waals surface area contributed by atoms with Crippen molar-refractivity contribution in [2.24, 2.45) is 5.92 Å². The summed E-state index contributed by atoms with van der Waals surface area (Å²) in [6.45, 7) is 5.58. The summed E-state index contributed by atoms with van der Waals surface area (Å²) in [5, 5.41) is 16.2. The molecule has 0 saturated heterocycles. The Morgan fingerprint density at radius 2 is 1.35 bits per heavy atom. The second kappa shape index (κ2) is 14.4. The number of carbonyl (C=O) groups excluding carboxylic acids is 4. The SMILES string of the molecule is CC(=O)OCC(=O)C(CC(=O)O)NC(=O)C(C)NC(=O)CC(C)C.c1ccc2ccccc2c1. The number of hydrogen-bond donors (Lipinski definition) is 3. The molecule has 0 aliphatic heterocycles. The number of hydrogen-bond acceptors (Lipinski definition) is 6. The van der Waals surface area contributed by atoms with E-state index in [1.54, 1.807) is 0 Å². The first-order valence-corrected chi connectivity index (χ1v) is 10.9. The lowest BCUT2D eigenvalue weighted by Crippen LogP contribution is -2.51. The van der Waals surface area contributed by atoms with Crippen molar-refractivity contribution < 1.29 is 33.8 Å². The maximum absolute atomic E-state index is 12.0. The van der Waals surface area contributed by atoms with Crippen LogP contribution in [0.25, 0.3) is 10.8 Å². The van der Waals surface area contributed by atoms with Crippen LogP contribution in [0.4, 0.5) is 0 Å². The van der Waals surface area contributed by atoms with E-state index in [1.165, 1.54) is 17.7 Å². The van der Waals surface area contributed by atoms with Crippen molar-refractivity contribution >= 4 is 40.3 Å². The standard InChI is InChI=1S/C15H24N2O7.C10H8/c1-8(2)5-13(20)16-9(3)15(23)17-11(6-14(21)22)12(19)7-24-10(4)18;1-2-6-10-8-4-3-7-9(10)5-1/h8-9,11H,5-7H2,1-4H3,(H,16,20)(H,17,23)(H,21,22);1-8H. The van der Waals surface area contributed by atoms with Gasteiger partial charge in [0.15, 0.2) is 12.4 Å². The van der Waals surface area contributed by atoms with Gasteiger partial charge in [0, 0.05) is 13.3 Å². The van der Waals surface area contributed by atoms with Gasteiger partial charge in [0.25, 0.3) is 0 Å². The van der Waals surface area contributed by atoms with E-state index in [9.17, 15) is 24.0 Å². The van der Waals surface area contributed by atoms with Crippen LogP contribution in [-0.2, 0) is 28.7 Å². The van der Waals surface area contributed by atoms with Crippen LogP contribution in [0.2, 0.25) is 0 Å². The number of carboxylic acids is 1.